The first kappa shape index (κ1) is 37.0. The smallest absolute Gasteiger partial charge is 0.252 e. The molecule has 51 heavy (non-hydrogen) atoms. The number of ether oxygens (including phenoxy) is 6. The monoisotopic (exact) mass is 718 g/mol. The molecule has 2 atom stereocenters. The SMILES string of the molecule is COc1cccc([C@H]2OC(c3ccc(OCCCO)cc3)=N[C@@]2(CCS(=O)(=O)c2ccccc2)C(=O)NCc2c(OC)cc(OC)cc2OC)c1. The van der Waals surface area contributed by atoms with Gasteiger partial charge in [0.25, 0.3) is 5.91 Å². The van der Waals surface area contributed by atoms with Gasteiger partial charge in [-0.15, -0.1) is 0 Å². The summed E-state index contributed by atoms with van der Waals surface area (Å²) in [6.07, 6.45) is -0.785. The molecule has 4 aromatic rings. The molecule has 0 radical (unpaired) electrons. The summed E-state index contributed by atoms with van der Waals surface area (Å²) < 4.78 is 61.7. The fourth-order valence-corrected chi connectivity index (χ4v) is 7.17. The van der Waals surface area contributed by atoms with Crippen LogP contribution in [0.5, 0.6) is 28.7 Å². The third-order valence-corrected chi connectivity index (χ3v) is 10.3. The van der Waals surface area contributed by atoms with Gasteiger partial charge in [0.05, 0.1) is 57.8 Å². The molecule has 0 aliphatic carbocycles. The molecule has 270 valence electrons. The van der Waals surface area contributed by atoms with Gasteiger partial charge in [0.2, 0.25) is 5.90 Å². The van der Waals surface area contributed by atoms with Gasteiger partial charge in [0.15, 0.2) is 21.5 Å². The maximum absolute atomic E-state index is 14.8. The molecule has 1 aliphatic heterocycles. The van der Waals surface area contributed by atoms with Crippen molar-refractivity contribution in [1.29, 1.82) is 0 Å². The molecule has 0 spiro atoms. The number of carbonyl (C=O) groups excluding carboxylic acids is 1. The number of nitrogens with one attached hydrogen (secondary N) is 1. The summed E-state index contributed by atoms with van der Waals surface area (Å²) in [7, 11) is 2.20. The van der Waals surface area contributed by atoms with E-state index in [-0.39, 0.29) is 30.4 Å². The van der Waals surface area contributed by atoms with E-state index in [9.17, 15) is 13.2 Å². The summed E-state index contributed by atoms with van der Waals surface area (Å²) in [6, 6.07) is 25.5. The van der Waals surface area contributed by atoms with Crippen molar-refractivity contribution >= 4 is 21.6 Å². The van der Waals surface area contributed by atoms with Crippen molar-refractivity contribution < 1.29 is 46.7 Å². The van der Waals surface area contributed by atoms with Crippen LogP contribution in [0.1, 0.15) is 35.6 Å². The molecule has 0 saturated heterocycles. The predicted molar refractivity (Wildman–Crippen MR) is 191 cm³/mol. The highest BCUT2D eigenvalue weighted by Crippen LogP contribution is 2.44. The highest BCUT2D eigenvalue weighted by Gasteiger charge is 2.53. The molecule has 12 nitrogen and oxygen atoms in total. The van der Waals surface area contributed by atoms with Gasteiger partial charge in [-0.1, -0.05) is 30.3 Å². The third kappa shape index (κ3) is 8.38. The Morgan fingerprint density at radius 3 is 2.16 bits per heavy atom. The van der Waals surface area contributed by atoms with E-state index in [2.05, 4.69) is 5.32 Å². The van der Waals surface area contributed by atoms with Gasteiger partial charge in [0.1, 0.15) is 28.7 Å². The number of benzene rings is 4. The van der Waals surface area contributed by atoms with Crippen molar-refractivity contribution in [3.8, 4) is 28.7 Å². The van der Waals surface area contributed by atoms with Crippen LogP contribution in [0.15, 0.2) is 101 Å². The number of hydrogen-bond donors (Lipinski definition) is 2. The number of hydrogen-bond acceptors (Lipinski definition) is 11. The molecule has 1 amide bonds. The number of aliphatic hydroxyl groups is 1. The quantitative estimate of drug-likeness (QED) is 0.144. The summed E-state index contributed by atoms with van der Waals surface area (Å²) >= 11 is 0. The van der Waals surface area contributed by atoms with Gasteiger partial charge >= 0.3 is 0 Å². The average molecular weight is 719 g/mol. The van der Waals surface area contributed by atoms with Crippen LogP contribution in [-0.2, 0) is 25.9 Å². The number of nitrogens with zero attached hydrogens (tertiary/aromatic N) is 1. The maximum Gasteiger partial charge on any atom is 0.252 e. The number of sulfone groups is 1. The number of rotatable bonds is 17. The normalized spacial score (nSPS) is 16.8. The Labute approximate surface area is 297 Å². The first-order valence-corrected chi connectivity index (χ1v) is 17.9. The first-order chi connectivity index (χ1) is 24.7. The van der Waals surface area contributed by atoms with Crippen LogP contribution in [0.4, 0.5) is 0 Å². The zero-order chi connectivity index (χ0) is 36.4. The zero-order valence-corrected chi connectivity index (χ0v) is 29.8. The molecule has 0 bridgehead atoms. The van der Waals surface area contributed by atoms with Crippen molar-refractivity contribution in [3.63, 3.8) is 0 Å². The Bertz CT molecular complexity index is 1910. The standard InChI is InChI=1S/C38H42N2O10S/c1-45-29-11-8-10-27(22-29)35-38(18-21-51(43,44)31-12-6-5-7-13-31,40-36(50-35)26-14-16-28(17-15-26)49-20-9-19-41)37(42)39-25-32-33(47-3)23-30(46-2)24-34(32)48-4/h5-8,10-17,22-24,35,41H,9,18-21,25H2,1-4H3,(H,39,42)/t35-,38-/m1/s1. The lowest BCUT2D eigenvalue weighted by Gasteiger charge is -2.31. The van der Waals surface area contributed by atoms with Crippen LogP contribution in [0.2, 0.25) is 0 Å². The van der Waals surface area contributed by atoms with E-state index < -0.39 is 33.1 Å². The fraction of sp³-hybridized carbons (Fsp3) is 0.316. The lowest BCUT2D eigenvalue weighted by molar-refractivity contribution is -0.129. The third-order valence-electron chi connectivity index (χ3n) is 8.52. The topological polar surface area (TPSA) is 151 Å². The summed E-state index contributed by atoms with van der Waals surface area (Å²) in [5.41, 5.74) is -0.105. The van der Waals surface area contributed by atoms with Gasteiger partial charge < -0.3 is 38.8 Å². The fourth-order valence-electron chi connectivity index (χ4n) is 5.78. The lowest BCUT2D eigenvalue weighted by atomic mass is 9.85. The van der Waals surface area contributed by atoms with Crippen LogP contribution in [0, 0.1) is 0 Å². The number of aliphatic imine (C=N–C) groups is 1. The number of carbonyl (C=O) groups is 1. The number of methoxy groups -OCH3 is 4. The van der Waals surface area contributed by atoms with Crippen molar-refractivity contribution in [2.75, 3.05) is 47.4 Å². The molecule has 0 unspecified atom stereocenters. The predicted octanol–water partition coefficient (Wildman–Crippen LogP) is 4.92. The summed E-state index contributed by atoms with van der Waals surface area (Å²) in [5, 5.41) is 12.1. The van der Waals surface area contributed by atoms with Crippen molar-refractivity contribution in [2.45, 2.75) is 35.9 Å². The van der Waals surface area contributed by atoms with E-state index in [4.69, 9.17) is 38.5 Å². The molecule has 13 heteroatoms. The van der Waals surface area contributed by atoms with Crippen molar-refractivity contribution in [2.24, 2.45) is 4.99 Å². The molecule has 1 heterocycles. The van der Waals surface area contributed by atoms with Gasteiger partial charge in [0, 0.05) is 37.1 Å². The molecule has 0 aromatic heterocycles. The minimum absolute atomic E-state index is 0.0105. The Kier molecular flexibility index (Phi) is 12.1. The van der Waals surface area contributed by atoms with Crippen LogP contribution in [0.25, 0.3) is 0 Å². The molecule has 5 rings (SSSR count). The molecule has 1 aliphatic rings. The molecule has 0 fully saturated rings. The number of amides is 1. The summed E-state index contributed by atoms with van der Waals surface area (Å²) in [4.78, 5) is 19.8. The minimum Gasteiger partial charge on any atom is -0.497 e. The first-order valence-electron chi connectivity index (χ1n) is 16.3. The van der Waals surface area contributed by atoms with E-state index in [0.29, 0.717) is 58.5 Å². The van der Waals surface area contributed by atoms with Crippen LogP contribution >= 0.6 is 0 Å². The van der Waals surface area contributed by atoms with Crippen molar-refractivity contribution in [1.82, 2.24) is 5.32 Å². The van der Waals surface area contributed by atoms with E-state index in [1.807, 2.05) is 0 Å². The van der Waals surface area contributed by atoms with E-state index in [1.54, 1.807) is 78.9 Å². The van der Waals surface area contributed by atoms with Gasteiger partial charge in [-0.2, -0.15) is 0 Å². The Morgan fingerprint density at radius 2 is 1.53 bits per heavy atom. The average Bonchev–Trinajstić information content (AvgIpc) is 3.57. The highest BCUT2D eigenvalue weighted by molar-refractivity contribution is 7.91. The maximum atomic E-state index is 14.8. The Balaban J connectivity index is 1.59. The molecule has 0 saturated carbocycles. The van der Waals surface area contributed by atoms with Gasteiger partial charge in [-0.25, -0.2) is 13.4 Å². The minimum atomic E-state index is -3.85. The largest absolute Gasteiger partial charge is 0.497 e. The second-order valence-corrected chi connectivity index (χ2v) is 13.7. The summed E-state index contributed by atoms with van der Waals surface area (Å²) in [5.74, 6) is 1.62. The molecular weight excluding hydrogens is 676 g/mol. The zero-order valence-electron chi connectivity index (χ0n) is 29.0. The number of aliphatic hydroxyl groups excluding tert-OH is 1. The highest BCUT2D eigenvalue weighted by atomic mass is 32.2. The van der Waals surface area contributed by atoms with Crippen LogP contribution in [-0.4, -0.2) is 78.3 Å². The van der Waals surface area contributed by atoms with E-state index in [1.165, 1.54) is 40.6 Å². The Morgan fingerprint density at radius 1 is 0.843 bits per heavy atom. The lowest BCUT2D eigenvalue weighted by Crippen LogP contribution is -2.49. The van der Waals surface area contributed by atoms with Gasteiger partial charge in [-0.3, -0.25) is 4.79 Å². The van der Waals surface area contributed by atoms with Crippen LogP contribution in [0.3, 0.4) is 0 Å². The van der Waals surface area contributed by atoms with E-state index in [0.717, 1.165) is 0 Å². The molecule has 2 N–H and O–H groups in total. The van der Waals surface area contributed by atoms with Gasteiger partial charge in [-0.05, 0) is 54.1 Å². The van der Waals surface area contributed by atoms with Crippen LogP contribution < -0.4 is 29.0 Å². The van der Waals surface area contributed by atoms with E-state index >= 15 is 0 Å². The molecular formula is C38H42N2O10S. The second kappa shape index (κ2) is 16.6. The molecule has 4 aromatic carbocycles. The second-order valence-electron chi connectivity index (χ2n) is 11.6. The summed E-state index contributed by atoms with van der Waals surface area (Å²) in [6.45, 7) is 0.308. The van der Waals surface area contributed by atoms with Crippen molar-refractivity contribution in [3.05, 3.63) is 108 Å². The Hall–Kier alpha value is -5.27.